The first-order valence-corrected chi connectivity index (χ1v) is 9.23. The van der Waals surface area contributed by atoms with Crippen molar-refractivity contribution in [1.82, 2.24) is 0 Å². The van der Waals surface area contributed by atoms with E-state index in [0.717, 1.165) is 5.70 Å². The predicted octanol–water partition coefficient (Wildman–Crippen LogP) is 6.26. The van der Waals surface area contributed by atoms with Gasteiger partial charge in [-0.3, -0.25) is 0 Å². The molecule has 1 heterocycles. The fourth-order valence-electron chi connectivity index (χ4n) is 3.98. The fourth-order valence-corrected chi connectivity index (χ4v) is 3.98. The molecule has 0 saturated carbocycles. The van der Waals surface area contributed by atoms with Crippen molar-refractivity contribution in [2.75, 3.05) is 0 Å². The quantitative estimate of drug-likeness (QED) is 0.262. The van der Waals surface area contributed by atoms with Crippen molar-refractivity contribution in [3.8, 4) is 0 Å². The number of rotatable bonds is 2. The predicted molar refractivity (Wildman–Crippen MR) is 115 cm³/mol. The molecule has 1 nitrogen and oxygen atoms in total. The molecule has 0 N–H and O–H groups in total. The maximum atomic E-state index is 4.33. The second-order valence-corrected chi connectivity index (χ2v) is 7.06. The van der Waals surface area contributed by atoms with Crippen molar-refractivity contribution in [3.63, 3.8) is 0 Å². The Morgan fingerprint density at radius 3 is 2.15 bits per heavy atom. The van der Waals surface area contributed by atoms with Crippen LogP contribution in [0.2, 0.25) is 0 Å². The molecule has 0 unspecified atom stereocenters. The number of fused-ring (bicyclic) bond motifs is 5. The summed E-state index contributed by atoms with van der Waals surface area (Å²) in [5.74, 6) is 0. The van der Waals surface area contributed by atoms with E-state index < -0.39 is 0 Å². The minimum absolute atomic E-state index is 0.994. The molecule has 0 aliphatic rings. The first-order chi connectivity index (χ1) is 13.2. The average molecular weight is 346 g/mol. The van der Waals surface area contributed by atoms with Gasteiger partial charge in [-0.25, -0.2) is 0 Å². The van der Waals surface area contributed by atoms with Gasteiger partial charge in [-0.05, 0) is 52.7 Å². The number of aromatic nitrogens is 1. The fraction of sp³-hybridized carbons (Fsp3) is 0.0385. The topological polar surface area (TPSA) is 3.88 Å². The van der Waals surface area contributed by atoms with E-state index in [2.05, 4.69) is 109 Å². The molecule has 1 heteroatoms. The molecule has 27 heavy (non-hydrogen) atoms. The van der Waals surface area contributed by atoms with E-state index in [1.807, 2.05) is 0 Å². The van der Waals surface area contributed by atoms with Crippen LogP contribution in [0.1, 0.15) is 11.1 Å². The lowest BCUT2D eigenvalue weighted by Crippen LogP contribution is -2.31. The van der Waals surface area contributed by atoms with Crippen molar-refractivity contribution in [2.24, 2.45) is 0 Å². The van der Waals surface area contributed by atoms with E-state index >= 15 is 0 Å². The summed E-state index contributed by atoms with van der Waals surface area (Å²) in [7, 11) is 0. The summed E-state index contributed by atoms with van der Waals surface area (Å²) < 4.78 is 2.12. The van der Waals surface area contributed by atoms with E-state index in [4.69, 9.17) is 0 Å². The third-order valence-electron chi connectivity index (χ3n) is 5.45. The zero-order chi connectivity index (χ0) is 18.4. The highest BCUT2D eigenvalue weighted by atomic mass is 14.9. The lowest BCUT2D eigenvalue weighted by atomic mass is 9.98. The van der Waals surface area contributed by atoms with Crippen molar-refractivity contribution in [2.45, 2.75) is 6.92 Å². The third-order valence-corrected chi connectivity index (χ3v) is 5.45. The summed E-state index contributed by atoms with van der Waals surface area (Å²) >= 11 is 0. The van der Waals surface area contributed by atoms with Gasteiger partial charge in [0.2, 0.25) is 5.70 Å². The van der Waals surface area contributed by atoms with Crippen LogP contribution in [0.15, 0.2) is 97.8 Å². The number of aryl methyl sites for hydroxylation is 1. The molecule has 0 amide bonds. The Kier molecular flexibility index (Phi) is 3.54. The van der Waals surface area contributed by atoms with Gasteiger partial charge in [0.1, 0.15) is 0 Å². The number of benzene rings is 4. The van der Waals surface area contributed by atoms with Crippen LogP contribution in [0.25, 0.3) is 38.0 Å². The van der Waals surface area contributed by atoms with Crippen LogP contribution < -0.4 is 4.57 Å². The molecule has 0 bridgehead atoms. The highest BCUT2D eigenvalue weighted by Crippen LogP contribution is 2.30. The molecule has 0 spiro atoms. The zero-order valence-electron chi connectivity index (χ0n) is 15.3. The minimum atomic E-state index is 0.994. The second-order valence-electron chi connectivity index (χ2n) is 7.06. The smallest absolute Gasteiger partial charge is 0.167 e. The molecule has 0 radical (unpaired) electrons. The monoisotopic (exact) mass is 346 g/mol. The molecular formula is C26H20N+. The Labute approximate surface area is 158 Å². The summed E-state index contributed by atoms with van der Waals surface area (Å²) in [6.45, 7) is 6.45. The molecule has 0 atom stereocenters. The standard InChI is InChI=1S/C26H20N/c1-18-7-3-5-9-22(18)19(2)27-16-15-24-21(17-27)12-14-25-23-10-6-4-8-20(23)11-13-26(24)25/h3-17H,2H2,1H3/q+1. The SMILES string of the molecule is C=C(c1ccccc1C)[n+]1ccc2c(ccc3c4ccccc4ccc23)c1. The average Bonchev–Trinajstić information content (AvgIpc) is 2.72. The van der Waals surface area contributed by atoms with Gasteiger partial charge in [-0.1, -0.05) is 60.7 Å². The van der Waals surface area contributed by atoms with Crippen molar-refractivity contribution < 1.29 is 4.57 Å². The van der Waals surface area contributed by atoms with E-state index in [1.54, 1.807) is 0 Å². The summed E-state index contributed by atoms with van der Waals surface area (Å²) in [6.07, 6.45) is 4.30. The van der Waals surface area contributed by atoms with Gasteiger partial charge in [-0.15, -0.1) is 0 Å². The lowest BCUT2D eigenvalue weighted by molar-refractivity contribution is -0.577. The molecule has 5 rings (SSSR count). The van der Waals surface area contributed by atoms with E-state index in [1.165, 1.54) is 43.4 Å². The van der Waals surface area contributed by atoms with Crippen LogP contribution in [0, 0.1) is 6.92 Å². The Balaban J connectivity index is 1.71. The maximum Gasteiger partial charge on any atom is 0.210 e. The van der Waals surface area contributed by atoms with Crippen molar-refractivity contribution >= 4 is 38.0 Å². The van der Waals surface area contributed by atoms with Crippen molar-refractivity contribution in [1.29, 1.82) is 0 Å². The van der Waals surface area contributed by atoms with Crippen LogP contribution in [0.4, 0.5) is 0 Å². The Morgan fingerprint density at radius 2 is 1.33 bits per heavy atom. The van der Waals surface area contributed by atoms with Crippen LogP contribution in [0.3, 0.4) is 0 Å². The van der Waals surface area contributed by atoms with Crippen LogP contribution in [-0.2, 0) is 0 Å². The third kappa shape index (κ3) is 2.51. The summed E-state index contributed by atoms with van der Waals surface area (Å²) in [6, 6.07) is 28.1. The van der Waals surface area contributed by atoms with E-state index in [9.17, 15) is 0 Å². The number of nitrogens with zero attached hydrogens (tertiary/aromatic N) is 1. The molecule has 0 aliphatic carbocycles. The zero-order valence-corrected chi connectivity index (χ0v) is 15.3. The summed E-state index contributed by atoms with van der Waals surface area (Å²) in [5.41, 5.74) is 3.40. The van der Waals surface area contributed by atoms with Gasteiger partial charge >= 0.3 is 0 Å². The highest BCUT2D eigenvalue weighted by molar-refractivity contribution is 6.16. The van der Waals surface area contributed by atoms with Gasteiger partial charge in [0.15, 0.2) is 12.4 Å². The Hall–Kier alpha value is -3.45. The number of hydrogen-bond acceptors (Lipinski definition) is 0. The molecule has 5 aromatic rings. The number of hydrogen-bond donors (Lipinski definition) is 0. The van der Waals surface area contributed by atoms with E-state index in [0.29, 0.717) is 0 Å². The Bertz CT molecular complexity index is 1340. The summed E-state index contributed by atoms with van der Waals surface area (Å²) in [5, 5.41) is 7.67. The minimum Gasteiger partial charge on any atom is -0.167 e. The molecule has 0 aliphatic heterocycles. The normalized spacial score (nSPS) is 11.3. The first kappa shape index (κ1) is 15.8. The molecule has 128 valence electrons. The lowest BCUT2D eigenvalue weighted by Gasteiger charge is -2.08. The van der Waals surface area contributed by atoms with Gasteiger partial charge in [0.05, 0.1) is 0 Å². The van der Waals surface area contributed by atoms with Gasteiger partial charge < -0.3 is 0 Å². The number of pyridine rings is 1. The van der Waals surface area contributed by atoms with Crippen LogP contribution in [0.5, 0.6) is 0 Å². The molecular weight excluding hydrogens is 326 g/mol. The molecule has 0 fully saturated rings. The van der Waals surface area contributed by atoms with Gasteiger partial charge in [-0.2, -0.15) is 4.57 Å². The van der Waals surface area contributed by atoms with Crippen LogP contribution in [-0.4, -0.2) is 0 Å². The molecule has 0 saturated heterocycles. The molecule has 1 aromatic heterocycles. The van der Waals surface area contributed by atoms with Gasteiger partial charge in [0.25, 0.3) is 0 Å². The largest absolute Gasteiger partial charge is 0.210 e. The summed E-state index contributed by atoms with van der Waals surface area (Å²) in [4.78, 5) is 0. The Morgan fingerprint density at radius 1 is 0.667 bits per heavy atom. The van der Waals surface area contributed by atoms with Crippen LogP contribution >= 0.6 is 0 Å². The highest BCUT2D eigenvalue weighted by Gasteiger charge is 2.14. The molecule has 4 aromatic carbocycles. The second kappa shape index (κ2) is 6.07. The van der Waals surface area contributed by atoms with Crippen molar-refractivity contribution in [3.05, 3.63) is 109 Å². The van der Waals surface area contributed by atoms with E-state index in [-0.39, 0.29) is 0 Å². The maximum absolute atomic E-state index is 4.33. The van der Waals surface area contributed by atoms with Gasteiger partial charge in [0, 0.05) is 22.4 Å². The first-order valence-electron chi connectivity index (χ1n) is 9.23.